The highest BCUT2D eigenvalue weighted by molar-refractivity contribution is 6.17. The highest BCUT2D eigenvalue weighted by Gasteiger charge is 2.20. The van der Waals surface area contributed by atoms with E-state index >= 15 is 0 Å². The Morgan fingerprint density at radius 2 is 1.56 bits per heavy atom. The van der Waals surface area contributed by atoms with Gasteiger partial charge in [-0.1, -0.05) is 18.2 Å². The van der Waals surface area contributed by atoms with Crippen molar-refractivity contribution in [2.24, 2.45) is 0 Å². The second-order valence-corrected chi connectivity index (χ2v) is 3.28. The second-order valence-electron chi connectivity index (χ2n) is 3.28. The Morgan fingerprint density at radius 3 is 2.06 bits per heavy atom. The minimum atomic E-state index is -0.757. The SMILES string of the molecule is COC(=O)C(=Cc1ccccc1OC)C(=O)OC. The van der Waals surface area contributed by atoms with Gasteiger partial charge in [-0.2, -0.15) is 0 Å². The molecule has 0 atom stereocenters. The van der Waals surface area contributed by atoms with E-state index in [2.05, 4.69) is 9.47 Å². The Bertz CT molecular complexity index is 458. The van der Waals surface area contributed by atoms with Crippen molar-refractivity contribution >= 4 is 18.0 Å². The van der Waals surface area contributed by atoms with Crippen LogP contribution in [0.2, 0.25) is 0 Å². The normalized spacial score (nSPS) is 9.28. The van der Waals surface area contributed by atoms with Crippen molar-refractivity contribution in [1.29, 1.82) is 0 Å². The highest BCUT2D eigenvalue weighted by atomic mass is 16.5. The third kappa shape index (κ3) is 3.10. The number of rotatable bonds is 4. The monoisotopic (exact) mass is 250 g/mol. The van der Waals surface area contributed by atoms with Gasteiger partial charge in [0, 0.05) is 5.56 Å². The quantitative estimate of drug-likeness (QED) is 0.350. The maximum Gasteiger partial charge on any atom is 0.345 e. The largest absolute Gasteiger partial charge is 0.496 e. The zero-order valence-electron chi connectivity index (χ0n) is 10.4. The van der Waals surface area contributed by atoms with Crippen LogP contribution in [0.25, 0.3) is 6.08 Å². The highest BCUT2D eigenvalue weighted by Crippen LogP contribution is 2.21. The molecule has 18 heavy (non-hydrogen) atoms. The van der Waals surface area contributed by atoms with E-state index in [0.717, 1.165) is 0 Å². The number of ether oxygens (including phenoxy) is 3. The number of methoxy groups -OCH3 is 3. The standard InChI is InChI=1S/C13H14O5/c1-16-11-7-5-4-6-9(11)8-10(12(14)17-2)13(15)18-3/h4-8H,1-3H3. The second kappa shape index (κ2) is 6.44. The fourth-order valence-corrected chi connectivity index (χ4v) is 1.36. The molecule has 5 nitrogen and oxygen atoms in total. The summed E-state index contributed by atoms with van der Waals surface area (Å²) < 4.78 is 14.2. The fourth-order valence-electron chi connectivity index (χ4n) is 1.36. The molecule has 0 heterocycles. The third-order valence-electron chi connectivity index (χ3n) is 2.25. The summed E-state index contributed by atoms with van der Waals surface area (Å²) >= 11 is 0. The molecule has 5 heteroatoms. The van der Waals surface area contributed by atoms with Gasteiger partial charge >= 0.3 is 11.9 Å². The topological polar surface area (TPSA) is 61.8 Å². The molecule has 0 N–H and O–H groups in total. The average molecular weight is 250 g/mol. The van der Waals surface area contributed by atoms with E-state index in [1.54, 1.807) is 24.3 Å². The molecule has 0 aliphatic heterocycles. The summed E-state index contributed by atoms with van der Waals surface area (Å²) in [6, 6.07) is 6.98. The molecule has 0 bridgehead atoms. The smallest absolute Gasteiger partial charge is 0.345 e. The molecule has 0 unspecified atom stereocenters. The van der Waals surface area contributed by atoms with Crippen molar-refractivity contribution in [2.45, 2.75) is 0 Å². The first-order chi connectivity index (χ1) is 8.63. The molecule has 0 aromatic heterocycles. The van der Waals surface area contributed by atoms with Crippen molar-refractivity contribution in [2.75, 3.05) is 21.3 Å². The van der Waals surface area contributed by atoms with E-state index in [9.17, 15) is 9.59 Å². The van der Waals surface area contributed by atoms with Gasteiger partial charge < -0.3 is 14.2 Å². The van der Waals surface area contributed by atoms with Crippen LogP contribution in [-0.4, -0.2) is 33.3 Å². The molecule has 1 aromatic rings. The maximum absolute atomic E-state index is 11.5. The lowest BCUT2D eigenvalue weighted by Crippen LogP contribution is -2.15. The molecule has 0 aliphatic rings. The van der Waals surface area contributed by atoms with Crippen molar-refractivity contribution < 1.29 is 23.8 Å². The third-order valence-corrected chi connectivity index (χ3v) is 2.25. The van der Waals surface area contributed by atoms with Crippen LogP contribution in [0.3, 0.4) is 0 Å². The summed E-state index contributed by atoms with van der Waals surface area (Å²) in [5, 5.41) is 0. The zero-order valence-corrected chi connectivity index (χ0v) is 10.4. The first kappa shape index (κ1) is 13.8. The zero-order chi connectivity index (χ0) is 13.5. The first-order valence-electron chi connectivity index (χ1n) is 5.15. The van der Waals surface area contributed by atoms with Crippen LogP contribution in [0.5, 0.6) is 5.75 Å². The summed E-state index contributed by atoms with van der Waals surface area (Å²) in [6.45, 7) is 0. The molecular weight excluding hydrogens is 236 g/mol. The van der Waals surface area contributed by atoms with Crippen LogP contribution in [0.1, 0.15) is 5.56 Å². The van der Waals surface area contributed by atoms with E-state index in [0.29, 0.717) is 11.3 Å². The first-order valence-corrected chi connectivity index (χ1v) is 5.15. The van der Waals surface area contributed by atoms with Crippen LogP contribution in [0, 0.1) is 0 Å². The number of carbonyl (C=O) groups excluding carboxylic acids is 2. The van der Waals surface area contributed by atoms with Gasteiger partial charge in [0.15, 0.2) is 0 Å². The van der Waals surface area contributed by atoms with Crippen molar-refractivity contribution in [3.8, 4) is 5.75 Å². The van der Waals surface area contributed by atoms with E-state index in [4.69, 9.17) is 4.74 Å². The van der Waals surface area contributed by atoms with Crippen LogP contribution in [-0.2, 0) is 19.1 Å². The Hall–Kier alpha value is -2.30. The van der Waals surface area contributed by atoms with Gasteiger partial charge in [0.25, 0.3) is 0 Å². The number of benzene rings is 1. The van der Waals surface area contributed by atoms with Gasteiger partial charge in [0.2, 0.25) is 0 Å². The van der Waals surface area contributed by atoms with Gasteiger partial charge in [0.05, 0.1) is 21.3 Å². The molecule has 0 saturated heterocycles. The van der Waals surface area contributed by atoms with E-state index in [1.165, 1.54) is 27.4 Å². The Balaban J connectivity index is 3.23. The Kier molecular flexibility index (Phi) is 4.92. The molecule has 0 aliphatic carbocycles. The molecule has 0 fully saturated rings. The lowest BCUT2D eigenvalue weighted by molar-refractivity contribution is -0.143. The molecule has 0 radical (unpaired) electrons. The molecule has 96 valence electrons. The van der Waals surface area contributed by atoms with Gasteiger partial charge in [0.1, 0.15) is 11.3 Å². The molecule has 0 spiro atoms. The maximum atomic E-state index is 11.5. The van der Waals surface area contributed by atoms with Crippen LogP contribution >= 0.6 is 0 Å². The van der Waals surface area contributed by atoms with E-state index < -0.39 is 11.9 Å². The van der Waals surface area contributed by atoms with Gasteiger partial charge in [-0.25, -0.2) is 9.59 Å². The minimum Gasteiger partial charge on any atom is -0.496 e. The van der Waals surface area contributed by atoms with Crippen molar-refractivity contribution in [3.05, 3.63) is 35.4 Å². The number of para-hydroxylation sites is 1. The van der Waals surface area contributed by atoms with Gasteiger partial charge in [-0.3, -0.25) is 0 Å². The predicted octanol–water partition coefficient (Wildman–Crippen LogP) is 1.42. The molecule has 0 amide bonds. The van der Waals surface area contributed by atoms with Crippen molar-refractivity contribution in [1.82, 2.24) is 0 Å². The summed E-state index contributed by atoms with van der Waals surface area (Å²) in [5.41, 5.74) is 0.398. The number of carbonyl (C=O) groups is 2. The van der Waals surface area contributed by atoms with Crippen LogP contribution < -0.4 is 4.74 Å². The summed E-state index contributed by atoms with van der Waals surface area (Å²) in [5.74, 6) is -0.969. The molecule has 0 saturated carbocycles. The number of hydrogen-bond acceptors (Lipinski definition) is 5. The average Bonchev–Trinajstić information content (AvgIpc) is 2.43. The fraction of sp³-hybridized carbons (Fsp3) is 0.231. The summed E-state index contributed by atoms with van der Waals surface area (Å²) in [6.07, 6.45) is 1.37. The number of esters is 2. The van der Waals surface area contributed by atoms with E-state index in [-0.39, 0.29) is 5.57 Å². The molecular formula is C13H14O5. The van der Waals surface area contributed by atoms with Gasteiger partial charge in [-0.15, -0.1) is 0 Å². The lowest BCUT2D eigenvalue weighted by Gasteiger charge is -2.06. The van der Waals surface area contributed by atoms with E-state index in [1.807, 2.05) is 0 Å². The molecule has 1 rings (SSSR count). The Labute approximate surface area is 105 Å². The van der Waals surface area contributed by atoms with Gasteiger partial charge in [-0.05, 0) is 12.1 Å². The lowest BCUT2D eigenvalue weighted by atomic mass is 10.1. The van der Waals surface area contributed by atoms with Crippen LogP contribution in [0.4, 0.5) is 0 Å². The minimum absolute atomic E-state index is 0.190. The summed E-state index contributed by atoms with van der Waals surface area (Å²) in [4.78, 5) is 23.0. The Morgan fingerprint density at radius 1 is 1.00 bits per heavy atom. The number of hydrogen-bond donors (Lipinski definition) is 0. The van der Waals surface area contributed by atoms with Crippen molar-refractivity contribution in [3.63, 3.8) is 0 Å². The predicted molar refractivity (Wildman–Crippen MR) is 65.0 cm³/mol. The van der Waals surface area contributed by atoms with Crippen LogP contribution in [0.15, 0.2) is 29.8 Å². The molecule has 1 aromatic carbocycles. The summed E-state index contributed by atoms with van der Waals surface area (Å²) in [7, 11) is 3.89.